The number of hydrogen-bond acceptors (Lipinski definition) is 2. The minimum atomic E-state index is 0.0699. The maximum Gasteiger partial charge on any atom is 0.0874 e. The fraction of sp³-hybridized carbons (Fsp3) is 0.174. The molecule has 0 aromatic heterocycles. The molecule has 2 unspecified atom stereocenters. The van der Waals surface area contributed by atoms with Crippen molar-refractivity contribution in [1.82, 2.24) is 0 Å². The van der Waals surface area contributed by atoms with Gasteiger partial charge in [0.2, 0.25) is 0 Å². The maximum absolute atomic E-state index is 6.63. The summed E-state index contributed by atoms with van der Waals surface area (Å²) in [5.74, 6) is 0.304. The summed E-state index contributed by atoms with van der Waals surface area (Å²) in [6.07, 6.45) is 2.12. The Bertz CT molecular complexity index is 1030. The van der Waals surface area contributed by atoms with E-state index >= 15 is 0 Å². The Hall–Kier alpha value is -2.29. The van der Waals surface area contributed by atoms with Crippen LogP contribution in [-0.2, 0) is 6.42 Å². The van der Waals surface area contributed by atoms with E-state index in [-0.39, 0.29) is 6.04 Å². The van der Waals surface area contributed by atoms with Gasteiger partial charge in [-0.1, -0.05) is 71.7 Å². The number of benzene rings is 3. The average molecular weight is 393 g/mol. The fourth-order valence-electron chi connectivity index (χ4n) is 4.31. The van der Waals surface area contributed by atoms with E-state index in [1.54, 1.807) is 0 Å². The highest BCUT2D eigenvalue weighted by molar-refractivity contribution is 6.35. The first-order valence-corrected chi connectivity index (χ1v) is 9.94. The third-order valence-electron chi connectivity index (χ3n) is 5.53. The Morgan fingerprint density at radius 2 is 1.67 bits per heavy atom. The summed E-state index contributed by atoms with van der Waals surface area (Å²) < 4.78 is 0. The molecule has 2 aliphatic rings. The van der Waals surface area contributed by atoms with Gasteiger partial charge < -0.3 is 0 Å². The van der Waals surface area contributed by atoms with Crippen molar-refractivity contribution in [3.05, 3.63) is 99.5 Å². The van der Waals surface area contributed by atoms with Crippen molar-refractivity contribution < 1.29 is 0 Å². The number of hydrazone groups is 1. The van der Waals surface area contributed by atoms with Crippen LogP contribution in [0.1, 0.15) is 29.2 Å². The lowest BCUT2D eigenvalue weighted by Gasteiger charge is -2.31. The molecule has 5 rings (SSSR count). The van der Waals surface area contributed by atoms with Crippen molar-refractivity contribution in [2.24, 2.45) is 11.0 Å². The first kappa shape index (κ1) is 16.9. The van der Waals surface area contributed by atoms with E-state index < -0.39 is 0 Å². The van der Waals surface area contributed by atoms with Crippen LogP contribution >= 0.6 is 23.2 Å². The SMILES string of the molecule is Clc1ccc(C2C3CCc4ccccc4C3=NN2c2ccccc2)c(Cl)c1. The number of anilines is 1. The highest BCUT2D eigenvalue weighted by Crippen LogP contribution is 2.47. The number of hydrogen-bond donors (Lipinski definition) is 0. The molecule has 1 aliphatic heterocycles. The molecule has 0 saturated carbocycles. The van der Waals surface area contributed by atoms with E-state index in [9.17, 15) is 0 Å². The standard InChI is InChI=1S/C23H18Cl2N2/c24-16-11-13-19(21(25)14-16)23-20-12-10-15-6-4-5-9-18(15)22(20)26-27(23)17-7-2-1-3-8-17/h1-9,11,13-14,20,23H,10,12H2. The summed E-state index contributed by atoms with van der Waals surface area (Å²) >= 11 is 12.8. The molecule has 0 saturated heterocycles. The van der Waals surface area contributed by atoms with Crippen molar-refractivity contribution >= 4 is 34.6 Å². The van der Waals surface area contributed by atoms with Gasteiger partial charge in [0.15, 0.2) is 0 Å². The highest BCUT2D eigenvalue weighted by atomic mass is 35.5. The Kier molecular flexibility index (Phi) is 4.18. The second-order valence-corrected chi connectivity index (χ2v) is 7.92. The van der Waals surface area contributed by atoms with Crippen molar-refractivity contribution in [1.29, 1.82) is 0 Å². The van der Waals surface area contributed by atoms with Gasteiger partial charge in [-0.3, -0.25) is 5.01 Å². The molecule has 2 nitrogen and oxygen atoms in total. The molecule has 1 heterocycles. The van der Waals surface area contributed by atoms with E-state index in [0.717, 1.165) is 29.8 Å². The normalized spacial score (nSPS) is 20.8. The number of nitrogens with zero attached hydrogens (tertiary/aromatic N) is 2. The molecule has 3 aromatic rings. The monoisotopic (exact) mass is 392 g/mol. The predicted molar refractivity (Wildman–Crippen MR) is 113 cm³/mol. The summed E-state index contributed by atoms with van der Waals surface area (Å²) in [5.41, 5.74) is 5.96. The van der Waals surface area contributed by atoms with Crippen LogP contribution in [0.25, 0.3) is 0 Å². The van der Waals surface area contributed by atoms with Crippen molar-refractivity contribution in [3.8, 4) is 0 Å². The number of rotatable bonds is 2. The van der Waals surface area contributed by atoms with E-state index in [4.69, 9.17) is 28.3 Å². The molecule has 1 aliphatic carbocycles. The van der Waals surface area contributed by atoms with Gasteiger partial charge in [0.1, 0.15) is 0 Å². The quantitative estimate of drug-likeness (QED) is 0.484. The van der Waals surface area contributed by atoms with Gasteiger partial charge in [-0.05, 0) is 48.2 Å². The average Bonchev–Trinajstić information content (AvgIpc) is 3.08. The van der Waals surface area contributed by atoms with Gasteiger partial charge in [-0.25, -0.2) is 0 Å². The van der Waals surface area contributed by atoms with Gasteiger partial charge in [-0.2, -0.15) is 5.10 Å². The van der Waals surface area contributed by atoms with Gasteiger partial charge in [-0.15, -0.1) is 0 Å². The van der Waals surface area contributed by atoms with Crippen molar-refractivity contribution in [2.45, 2.75) is 18.9 Å². The molecule has 4 heteroatoms. The predicted octanol–water partition coefficient (Wildman–Crippen LogP) is 6.52. The molecule has 0 radical (unpaired) electrons. The lowest BCUT2D eigenvalue weighted by Crippen LogP contribution is -2.29. The van der Waals surface area contributed by atoms with E-state index in [1.165, 1.54) is 11.1 Å². The summed E-state index contributed by atoms with van der Waals surface area (Å²) in [6.45, 7) is 0. The Morgan fingerprint density at radius 3 is 2.48 bits per heavy atom. The lowest BCUT2D eigenvalue weighted by atomic mass is 9.77. The molecule has 134 valence electrons. The van der Waals surface area contributed by atoms with Crippen LogP contribution in [0.15, 0.2) is 77.9 Å². The van der Waals surface area contributed by atoms with Crippen molar-refractivity contribution in [3.63, 3.8) is 0 Å². The van der Waals surface area contributed by atoms with Crippen molar-refractivity contribution in [2.75, 3.05) is 5.01 Å². The molecule has 0 fully saturated rings. The van der Waals surface area contributed by atoms with Crippen LogP contribution in [0.5, 0.6) is 0 Å². The van der Waals surface area contributed by atoms with Crippen LogP contribution in [0.2, 0.25) is 10.0 Å². The van der Waals surface area contributed by atoms with E-state index in [2.05, 4.69) is 41.4 Å². The summed E-state index contributed by atoms with van der Waals surface area (Å²) in [4.78, 5) is 0. The maximum atomic E-state index is 6.63. The first-order chi connectivity index (χ1) is 13.2. The Morgan fingerprint density at radius 1 is 0.889 bits per heavy atom. The zero-order chi connectivity index (χ0) is 18.4. The van der Waals surface area contributed by atoms with Gasteiger partial charge >= 0.3 is 0 Å². The second kappa shape index (κ2) is 6.70. The van der Waals surface area contributed by atoms with Crippen LogP contribution in [0.3, 0.4) is 0 Å². The minimum Gasteiger partial charge on any atom is -0.257 e. The number of fused-ring (bicyclic) bond motifs is 3. The second-order valence-electron chi connectivity index (χ2n) is 7.08. The largest absolute Gasteiger partial charge is 0.257 e. The van der Waals surface area contributed by atoms with E-state index in [1.807, 2.05) is 36.4 Å². The number of halogens is 2. The van der Waals surface area contributed by atoms with Crippen LogP contribution in [0, 0.1) is 5.92 Å². The third kappa shape index (κ3) is 2.84. The van der Waals surface area contributed by atoms with Gasteiger partial charge in [0.25, 0.3) is 0 Å². The number of para-hydroxylation sites is 1. The van der Waals surface area contributed by atoms with E-state index in [0.29, 0.717) is 16.0 Å². The molecule has 0 bridgehead atoms. The number of aryl methyl sites for hydroxylation is 1. The van der Waals surface area contributed by atoms with Gasteiger partial charge in [0.05, 0.1) is 17.4 Å². The topological polar surface area (TPSA) is 15.6 Å². The van der Waals surface area contributed by atoms with Crippen LogP contribution in [-0.4, -0.2) is 5.71 Å². The fourth-order valence-corrected chi connectivity index (χ4v) is 4.83. The first-order valence-electron chi connectivity index (χ1n) is 9.18. The van der Waals surface area contributed by atoms with Crippen LogP contribution in [0.4, 0.5) is 5.69 Å². The molecular formula is C23H18Cl2N2. The summed E-state index contributed by atoms with van der Waals surface area (Å²) in [5, 5.41) is 8.59. The Balaban J connectivity index is 1.67. The van der Waals surface area contributed by atoms with Crippen LogP contribution < -0.4 is 5.01 Å². The molecule has 3 aromatic carbocycles. The smallest absolute Gasteiger partial charge is 0.0874 e. The molecule has 27 heavy (non-hydrogen) atoms. The summed E-state index contributed by atoms with van der Waals surface area (Å²) in [7, 11) is 0. The molecule has 0 amide bonds. The minimum absolute atomic E-state index is 0.0699. The molecule has 0 N–H and O–H groups in total. The lowest BCUT2D eigenvalue weighted by molar-refractivity contribution is 0.510. The highest BCUT2D eigenvalue weighted by Gasteiger charge is 2.42. The zero-order valence-corrected chi connectivity index (χ0v) is 16.2. The zero-order valence-electron chi connectivity index (χ0n) is 14.6. The summed E-state index contributed by atoms with van der Waals surface area (Å²) in [6, 6.07) is 24.8. The Labute approximate surface area is 169 Å². The molecular weight excluding hydrogens is 375 g/mol. The van der Waals surface area contributed by atoms with Gasteiger partial charge in [0, 0.05) is 21.5 Å². The third-order valence-corrected chi connectivity index (χ3v) is 6.09. The molecule has 2 atom stereocenters. The molecule has 0 spiro atoms.